The van der Waals surface area contributed by atoms with Crippen LogP contribution in [0.4, 0.5) is 0 Å². The first-order valence-corrected chi connectivity index (χ1v) is 10.9. The lowest BCUT2D eigenvalue weighted by molar-refractivity contribution is -0.271. The Hall–Kier alpha value is -3.05. The molecule has 1 fully saturated rings. The molecular weight excluding hydrogens is 448 g/mol. The summed E-state index contributed by atoms with van der Waals surface area (Å²) in [5.41, 5.74) is 1.67. The molecule has 2 unspecified atom stereocenters. The number of carboxylic acid groups (broad SMARTS) is 1. The quantitative estimate of drug-likeness (QED) is 0.272. The van der Waals surface area contributed by atoms with Gasteiger partial charge in [0.15, 0.2) is 29.1 Å². The average molecular weight is 478 g/mol. The van der Waals surface area contributed by atoms with Gasteiger partial charge in [0, 0.05) is 0 Å². The van der Waals surface area contributed by atoms with Crippen LogP contribution in [0.3, 0.4) is 0 Å². The van der Waals surface area contributed by atoms with E-state index in [1.807, 2.05) is 6.92 Å². The highest BCUT2D eigenvalue weighted by Gasteiger charge is 2.48. The number of aromatic hydroxyl groups is 3. The first kappa shape index (κ1) is 25.6. The summed E-state index contributed by atoms with van der Waals surface area (Å²) in [4.78, 5) is 11.3. The molecule has 0 spiro atoms. The minimum atomic E-state index is -1.84. The fourth-order valence-electron chi connectivity index (χ4n) is 3.90. The number of hydrogen-bond acceptors (Lipinski definition) is 9. The summed E-state index contributed by atoms with van der Waals surface area (Å²) in [7, 11) is 0. The van der Waals surface area contributed by atoms with Gasteiger partial charge in [-0.05, 0) is 60.1 Å². The van der Waals surface area contributed by atoms with Crippen LogP contribution in [-0.4, -0.2) is 72.4 Å². The van der Waals surface area contributed by atoms with Gasteiger partial charge in [0.25, 0.3) is 0 Å². The van der Waals surface area contributed by atoms with E-state index in [1.165, 1.54) is 24.3 Å². The topological polar surface area (TPSA) is 177 Å². The number of carboxylic acids is 1. The largest absolute Gasteiger partial charge is 0.504 e. The summed E-state index contributed by atoms with van der Waals surface area (Å²) in [6, 6.07) is 9.35. The molecule has 2 aromatic carbocycles. The number of phenolic OH excluding ortho intramolecular Hbond substituents is 3. The molecule has 1 heterocycles. The summed E-state index contributed by atoms with van der Waals surface area (Å²) in [5, 5.41) is 68.4. The van der Waals surface area contributed by atoms with Crippen LogP contribution in [0.1, 0.15) is 25.0 Å². The third-order valence-corrected chi connectivity index (χ3v) is 6.21. The highest BCUT2D eigenvalue weighted by atomic mass is 16.7. The van der Waals surface area contributed by atoms with Gasteiger partial charge < -0.3 is 45.2 Å². The monoisotopic (exact) mass is 478 g/mol. The number of aliphatic hydroxyl groups is 3. The van der Waals surface area contributed by atoms with Gasteiger partial charge in [-0.1, -0.05) is 26.0 Å². The van der Waals surface area contributed by atoms with Gasteiger partial charge >= 0.3 is 5.97 Å². The molecule has 0 amide bonds. The predicted octanol–water partition coefficient (Wildman–Crippen LogP) is 1.13. The van der Waals surface area contributed by atoms with Crippen molar-refractivity contribution in [2.45, 2.75) is 57.4 Å². The smallest absolute Gasteiger partial charge is 0.335 e. The van der Waals surface area contributed by atoms with Crippen LogP contribution in [0.15, 0.2) is 36.4 Å². The lowest BCUT2D eigenvalue weighted by Gasteiger charge is -2.38. The zero-order valence-corrected chi connectivity index (χ0v) is 18.8. The van der Waals surface area contributed by atoms with Crippen LogP contribution in [0, 0.1) is 11.8 Å². The van der Waals surface area contributed by atoms with Crippen molar-refractivity contribution in [1.82, 2.24) is 0 Å². The molecule has 1 saturated heterocycles. The molecule has 1 aliphatic rings. The molecule has 34 heavy (non-hydrogen) atoms. The second kappa shape index (κ2) is 10.5. The molecule has 10 nitrogen and oxygen atoms in total. The SMILES string of the molecule is CC(Cc1ccc(O)c(O)c1)C(C)Cc1ccc(O)c(O[C@H]2O[C@@H](C(=O)O)[C@H](O)[C@@H](O)[C@@H]2O)c1. The summed E-state index contributed by atoms with van der Waals surface area (Å²) in [5.74, 6) is -1.87. The van der Waals surface area contributed by atoms with Gasteiger partial charge in [0.1, 0.15) is 18.3 Å². The van der Waals surface area contributed by atoms with Gasteiger partial charge in [-0.25, -0.2) is 4.79 Å². The molecular formula is C24H30O10. The first-order chi connectivity index (χ1) is 16.0. The standard InChI is InChI=1S/C24H30O10/c1-11(7-13-3-5-15(25)17(27)9-13)12(2)8-14-4-6-16(26)18(10-14)33-24-21(30)19(28)20(29)22(34-24)23(31)32/h3-6,9-12,19-22,24-30H,7-8H2,1-2H3,(H,31,32)/t11?,12?,19-,20-,21+,22-,24+/m1/s1. The van der Waals surface area contributed by atoms with Crippen LogP contribution in [0.2, 0.25) is 0 Å². The summed E-state index contributed by atoms with van der Waals surface area (Å²) in [6.07, 6.45) is -7.58. The summed E-state index contributed by atoms with van der Waals surface area (Å²) < 4.78 is 10.6. The lowest BCUT2D eigenvalue weighted by Crippen LogP contribution is -2.61. The van der Waals surface area contributed by atoms with Gasteiger partial charge in [0.2, 0.25) is 6.29 Å². The number of rotatable bonds is 8. The summed E-state index contributed by atoms with van der Waals surface area (Å²) in [6.45, 7) is 4.10. The van der Waals surface area contributed by atoms with Crippen LogP contribution < -0.4 is 4.74 Å². The Morgan fingerprint density at radius 2 is 1.41 bits per heavy atom. The zero-order chi connectivity index (χ0) is 25.2. The number of phenols is 3. The summed E-state index contributed by atoms with van der Waals surface area (Å²) >= 11 is 0. The highest BCUT2D eigenvalue weighted by molar-refractivity contribution is 5.73. The second-order valence-corrected chi connectivity index (χ2v) is 8.84. The molecule has 7 atom stereocenters. The van der Waals surface area contributed by atoms with Crippen molar-refractivity contribution >= 4 is 5.97 Å². The van der Waals surface area contributed by atoms with Crippen molar-refractivity contribution in [3.63, 3.8) is 0 Å². The Morgan fingerprint density at radius 1 is 0.853 bits per heavy atom. The van der Waals surface area contributed by atoms with Gasteiger partial charge in [-0.15, -0.1) is 0 Å². The fraction of sp³-hybridized carbons (Fsp3) is 0.458. The molecule has 186 valence electrons. The van der Waals surface area contributed by atoms with E-state index in [0.717, 1.165) is 11.1 Å². The van der Waals surface area contributed by atoms with Crippen molar-refractivity contribution in [2.75, 3.05) is 0 Å². The van der Waals surface area contributed by atoms with E-state index in [9.17, 15) is 40.5 Å². The third kappa shape index (κ3) is 5.71. The highest BCUT2D eigenvalue weighted by Crippen LogP contribution is 2.33. The Morgan fingerprint density at radius 3 is 1.97 bits per heavy atom. The van der Waals surface area contributed by atoms with Crippen LogP contribution in [0.25, 0.3) is 0 Å². The molecule has 3 rings (SSSR count). The van der Waals surface area contributed by atoms with E-state index in [1.54, 1.807) is 12.1 Å². The fourth-order valence-corrected chi connectivity index (χ4v) is 3.90. The first-order valence-electron chi connectivity index (χ1n) is 10.9. The van der Waals surface area contributed by atoms with E-state index in [-0.39, 0.29) is 34.8 Å². The van der Waals surface area contributed by atoms with Crippen molar-refractivity contribution in [3.05, 3.63) is 47.5 Å². The van der Waals surface area contributed by atoms with Crippen molar-refractivity contribution in [1.29, 1.82) is 0 Å². The third-order valence-electron chi connectivity index (χ3n) is 6.21. The number of carbonyl (C=O) groups is 1. The van der Waals surface area contributed by atoms with Crippen LogP contribution in [-0.2, 0) is 22.4 Å². The van der Waals surface area contributed by atoms with E-state index >= 15 is 0 Å². The zero-order valence-electron chi connectivity index (χ0n) is 18.8. The maximum absolute atomic E-state index is 11.3. The second-order valence-electron chi connectivity index (χ2n) is 8.84. The van der Waals surface area contributed by atoms with Gasteiger partial charge in [-0.2, -0.15) is 0 Å². The molecule has 0 radical (unpaired) electrons. The maximum atomic E-state index is 11.3. The van der Waals surface area contributed by atoms with Crippen molar-refractivity contribution in [2.24, 2.45) is 11.8 Å². The molecule has 0 bridgehead atoms. The molecule has 0 aromatic heterocycles. The Balaban J connectivity index is 1.69. The Bertz CT molecular complexity index is 1010. The average Bonchev–Trinajstić information content (AvgIpc) is 2.78. The predicted molar refractivity (Wildman–Crippen MR) is 119 cm³/mol. The molecule has 0 aliphatic carbocycles. The Labute approximate surface area is 196 Å². The minimum Gasteiger partial charge on any atom is -0.504 e. The number of ether oxygens (including phenoxy) is 2. The number of hydrogen-bond donors (Lipinski definition) is 7. The maximum Gasteiger partial charge on any atom is 0.335 e. The number of aliphatic carboxylic acids is 1. The number of benzene rings is 2. The van der Waals surface area contributed by atoms with Crippen LogP contribution in [0.5, 0.6) is 23.0 Å². The molecule has 1 aliphatic heterocycles. The molecule has 7 N–H and O–H groups in total. The Kier molecular flexibility index (Phi) is 7.88. The molecule has 10 heteroatoms. The number of aliphatic hydroxyl groups excluding tert-OH is 3. The van der Waals surface area contributed by atoms with Crippen LogP contribution >= 0.6 is 0 Å². The van der Waals surface area contributed by atoms with E-state index in [4.69, 9.17) is 9.47 Å². The van der Waals surface area contributed by atoms with E-state index < -0.39 is 36.7 Å². The van der Waals surface area contributed by atoms with Crippen molar-refractivity contribution in [3.8, 4) is 23.0 Å². The lowest BCUT2D eigenvalue weighted by atomic mass is 9.85. The van der Waals surface area contributed by atoms with Gasteiger partial charge in [-0.3, -0.25) is 0 Å². The molecule has 0 saturated carbocycles. The van der Waals surface area contributed by atoms with Crippen molar-refractivity contribution < 1.29 is 50.0 Å². The van der Waals surface area contributed by atoms with E-state index in [0.29, 0.717) is 12.8 Å². The molecule has 2 aromatic rings. The van der Waals surface area contributed by atoms with E-state index in [2.05, 4.69) is 6.92 Å². The van der Waals surface area contributed by atoms with Gasteiger partial charge in [0.05, 0.1) is 0 Å². The minimum absolute atomic E-state index is 0.0717. The normalized spacial score (nSPS) is 26.6.